The highest BCUT2D eigenvalue weighted by Gasteiger charge is 2.35. The molecule has 0 unspecified atom stereocenters. The maximum absolute atomic E-state index is 2.61. The van der Waals surface area contributed by atoms with Crippen molar-refractivity contribution in [3.05, 3.63) is 0 Å². The van der Waals surface area contributed by atoms with Crippen LogP contribution < -0.4 is 0 Å². The second-order valence-corrected chi connectivity index (χ2v) is 4.78. The Labute approximate surface area is 76.1 Å². The lowest BCUT2D eigenvalue weighted by Gasteiger charge is -2.45. The van der Waals surface area contributed by atoms with Crippen LogP contribution in [0.3, 0.4) is 0 Å². The van der Waals surface area contributed by atoms with Crippen LogP contribution in [0.1, 0.15) is 39.0 Å². The fraction of sp³-hybridized carbons (Fsp3) is 1.00. The van der Waals surface area contributed by atoms with Crippen LogP contribution in [0.2, 0.25) is 0 Å². The van der Waals surface area contributed by atoms with Crippen LogP contribution in [0.5, 0.6) is 0 Å². The van der Waals surface area contributed by atoms with Gasteiger partial charge in [0.05, 0.1) is 0 Å². The zero-order valence-electron chi connectivity index (χ0n) is 8.42. The van der Waals surface area contributed by atoms with Crippen molar-refractivity contribution in [2.75, 3.05) is 13.6 Å². The Morgan fingerprint density at radius 2 is 1.83 bits per heavy atom. The highest BCUT2D eigenvalue weighted by atomic mass is 15.1. The number of likely N-dealkylation sites (tertiary alicyclic amines) is 1. The third kappa shape index (κ3) is 1.39. The summed E-state index contributed by atoms with van der Waals surface area (Å²) in [5.41, 5.74) is 0. The Balaban J connectivity index is 2.07. The van der Waals surface area contributed by atoms with Gasteiger partial charge in [-0.05, 0) is 51.1 Å². The topological polar surface area (TPSA) is 3.24 Å². The van der Waals surface area contributed by atoms with E-state index in [-0.39, 0.29) is 0 Å². The number of hydrogen-bond donors (Lipinski definition) is 0. The Morgan fingerprint density at radius 3 is 2.58 bits per heavy atom. The number of nitrogens with zero attached hydrogens (tertiary/aromatic N) is 1. The maximum Gasteiger partial charge on any atom is 0.0146 e. The molecule has 1 saturated heterocycles. The lowest BCUT2D eigenvalue weighted by molar-refractivity contribution is 0.0448. The minimum Gasteiger partial charge on any atom is -0.303 e. The molecule has 0 spiro atoms. The average Bonchev–Trinajstić information content (AvgIpc) is 2.04. The molecule has 0 aromatic carbocycles. The molecule has 2 aliphatic rings. The highest BCUT2D eigenvalue weighted by molar-refractivity contribution is 4.89. The van der Waals surface area contributed by atoms with Crippen molar-refractivity contribution < 1.29 is 0 Å². The minimum atomic E-state index is 0.924. The van der Waals surface area contributed by atoms with Gasteiger partial charge in [0.2, 0.25) is 0 Å². The molecule has 0 N–H and O–H groups in total. The van der Waals surface area contributed by atoms with E-state index < -0.39 is 0 Å². The summed E-state index contributed by atoms with van der Waals surface area (Å²) in [7, 11) is 2.32. The number of rotatable bonds is 0. The Bertz CT molecular complexity index is 139. The first-order valence-electron chi connectivity index (χ1n) is 5.49. The SMILES string of the molecule is C[C@H]1CCC[C@H]2CCCN(C)[C@H]21. The second kappa shape index (κ2) is 3.37. The number of piperidine rings is 1. The molecule has 1 aliphatic carbocycles. The van der Waals surface area contributed by atoms with E-state index in [1.54, 1.807) is 0 Å². The van der Waals surface area contributed by atoms with Gasteiger partial charge in [0, 0.05) is 6.04 Å². The van der Waals surface area contributed by atoms with Gasteiger partial charge in [0.25, 0.3) is 0 Å². The lowest BCUT2D eigenvalue weighted by Crippen LogP contribution is -2.48. The molecule has 1 saturated carbocycles. The van der Waals surface area contributed by atoms with Gasteiger partial charge in [-0.3, -0.25) is 0 Å². The summed E-state index contributed by atoms with van der Waals surface area (Å²) in [6.07, 6.45) is 7.38. The van der Waals surface area contributed by atoms with E-state index in [0.29, 0.717) is 0 Å². The number of fused-ring (bicyclic) bond motifs is 1. The van der Waals surface area contributed by atoms with Crippen LogP contribution in [0, 0.1) is 11.8 Å². The minimum absolute atomic E-state index is 0.924. The second-order valence-electron chi connectivity index (χ2n) is 4.78. The fourth-order valence-corrected chi connectivity index (χ4v) is 3.37. The molecule has 0 radical (unpaired) electrons. The van der Waals surface area contributed by atoms with Crippen LogP contribution in [-0.4, -0.2) is 24.5 Å². The Kier molecular flexibility index (Phi) is 2.40. The summed E-state index contributed by atoms with van der Waals surface area (Å²) in [6, 6.07) is 0.924. The molecular formula is C11H21N. The van der Waals surface area contributed by atoms with Gasteiger partial charge in [-0.25, -0.2) is 0 Å². The predicted molar refractivity (Wildman–Crippen MR) is 52.2 cm³/mol. The predicted octanol–water partition coefficient (Wildman–Crippen LogP) is 2.52. The lowest BCUT2D eigenvalue weighted by atomic mass is 9.73. The molecule has 70 valence electrons. The number of hydrogen-bond acceptors (Lipinski definition) is 1. The summed E-state index contributed by atoms with van der Waals surface area (Å²) in [6.45, 7) is 3.78. The van der Waals surface area contributed by atoms with Crippen LogP contribution >= 0.6 is 0 Å². The first-order valence-corrected chi connectivity index (χ1v) is 5.49. The monoisotopic (exact) mass is 167 g/mol. The molecule has 2 rings (SSSR count). The van der Waals surface area contributed by atoms with Crippen LogP contribution in [0.4, 0.5) is 0 Å². The average molecular weight is 167 g/mol. The maximum atomic E-state index is 2.61. The molecule has 0 aromatic heterocycles. The Morgan fingerprint density at radius 1 is 1.08 bits per heavy atom. The van der Waals surface area contributed by atoms with E-state index >= 15 is 0 Å². The van der Waals surface area contributed by atoms with E-state index in [4.69, 9.17) is 0 Å². The smallest absolute Gasteiger partial charge is 0.0146 e. The van der Waals surface area contributed by atoms with E-state index in [0.717, 1.165) is 17.9 Å². The van der Waals surface area contributed by atoms with E-state index in [1.165, 1.54) is 38.6 Å². The normalized spacial score (nSPS) is 44.0. The van der Waals surface area contributed by atoms with Crippen molar-refractivity contribution in [3.8, 4) is 0 Å². The van der Waals surface area contributed by atoms with Crippen molar-refractivity contribution in [3.63, 3.8) is 0 Å². The molecule has 1 heterocycles. The van der Waals surface area contributed by atoms with Crippen molar-refractivity contribution in [2.24, 2.45) is 11.8 Å². The zero-order valence-corrected chi connectivity index (χ0v) is 8.42. The third-order valence-electron chi connectivity index (χ3n) is 3.90. The molecule has 0 bridgehead atoms. The molecule has 12 heavy (non-hydrogen) atoms. The molecule has 1 heteroatoms. The summed E-state index contributed by atoms with van der Waals surface area (Å²) < 4.78 is 0. The Hall–Kier alpha value is -0.0400. The summed E-state index contributed by atoms with van der Waals surface area (Å²) in [5.74, 6) is 1.99. The zero-order chi connectivity index (χ0) is 8.55. The van der Waals surface area contributed by atoms with Gasteiger partial charge in [0.15, 0.2) is 0 Å². The van der Waals surface area contributed by atoms with Gasteiger partial charge in [-0.2, -0.15) is 0 Å². The molecule has 1 nitrogen and oxygen atoms in total. The molecule has 0 amide bonds. The quantitative estimate of drug-likeness (QED) is 0.536. The van der Waals surface area contributed by atoms with Crippen molar-refractivity contribution in [1.29, 1.82) is 0 Å². The van der Waals surface area contributed by atoms with E-state index in [9.17, 15) is 0 Å². The highest BCUT2D eigenvalue weighted by Crippen LogP contribution is 2.37. The molecule has 1 aliphatic heterocycles. The van der Waals surface area contributed by atoms with Gasteiger partial charge >= 0.3 is 0 Å². The van der Waals surface area contributed by atoms with E-state index in [1.807, 2.05) is 0 Å². The van der Waals surface area contributed by atoms with E-state index in [2.05, 4.69) is 18.9 Å². The standard InChI is InChI=1S/C11H21N/c1-9-5-3-6-10-7-4-8-12(2)11(9)10/h9-11H,3-8H2,1-2H3/t9-,10-,11-/m0/s1. The van der Waals surface area contributed by atoms with Crippen LogP contribution in [0.25, 0.3) is 0 Å². The fourth-order valence-electron chi connectivity index (χ4n) is 3.37. The summed E-state index contributed by atoms with van der Waals surface area (Å²) in [5, 5.41) is 0. The molecule has 3 atom stereocenters. The third-order valence-corrected chi connectivity index (χ3v) is 3.90. The van der Waals surface area contributed by atoms with Gasteiger partial charge < -0.3 is 4.90 Å². The molecule has 0 aromatic rings. The van der Waals surface area contributed by atoms with Gasteiger partial charge in [-0.1, -0.05) is 13.3 Å². The summed E-state index contributed by atoms with van der Waals surface area (Å²) in [4.78, 5) is 2.61. The molecule has 2 fully saturated rings. The van der Waals surface area contributed by atoms with Gasteiger partial charge in [-0.15, -0.1) is 0 Å². The first kappa shape index (κ1) is 8.55. The summed E-state index contributed by atoms with van der Waals surface area (Å²) >= 11 is 0. The van der Waals surface area contributed by atoms with Crippen molar-refractivity contribution in [2.45, 2.75) is 45.1 Å². The van der Waals surface area contributed by atoms with Crippen LogP contribution in [0.15, 0.2) is 0 Å². The van der Waals surface area contributed by atoms with Crippen LogP contribution in [-0.2, 0) is 0 Å². The van der Waals surface area contributed by atoms with Crippen molar-refractivity contribution in [1.82, 2.24) is 4.90 Å². The van der Waals surface area contributed by atoms with Crippen molar-refractivity contribution >= 4 is 0 Å². The largest absolute Gasteiger partial charge is 0.303 e. The first-order chi connectivity index (χ1) is 5.79. The van der Waals surface area contributed by atoms with Gasteiger partial charge in [0.1, 0.15) is 0 Å². The molecular weight excluding hydrogens is 146 g/mol.